The number of amides is 1. The van der Waals surface area contributed by atoms with Crippen LogP contribution in [0.5, 0.6) is 0 Å². The number of carbonyl (C=O) groups is 1. The van der Waals surface area contributed by atoms with Gasteiger partial charge in [0, 0.05) is 25.2 Å². The van der Waals surface area contributed by atoms with E-state index in [0.29, 0.717) is 6.42 Å². The SMILES string of the molecule is Cc1nnc(SCc2csc(CC(=O)N(C)C)n2)s1. The van der Waals surface area contributed by atoms with Gasteiger partial charge in [0.15, 0.2) is 4.34 Å². The molecule has 2 heterocycles. The molecule has 8 heteroatoms. The van der Waals surface area contributed by atoms with E-state index in [1.54, 1.807) is 42.1 Å². The zero-order valence-corrected chi connectivity index (χ0v) is 13.4. The van der Waals surface area contributed by atoms with Gasteiger partial charge in [0.05, 0.1) is 12.1 Å². The van der Waals surface area contributed by atoms with Gasteiger partial charge in [0.2, 0.25) is 5.91 Å². The van der Waals surface area contributed by atoms with Crippen LogP contribution in [0.1, 0.15) is 15.7 Å². The molecule has 0 radical (unpaired) electrons. The summed E-state index contributed by atoms with van der Waals surface area (Å²) in [4.78, 5) is 17.6. The number of hydrogen-bond donors (Lipinski definition) is 0. The molecule has 0 aliphatic carbocycles. The third-order valence-electron chi connectivity index (χ3n) is 2.25. The van der Waals surface area contributed by atoms with Crippen LogP contribution in [0.15, 0.2) is 9.72 Å². The first-order valence-electron chi connectivity index (χ1n) is 5.61. The van der Waals surface area contributed by atoms with Crippen LogP contribution in [0, 0.1) is 6.92 Å². The minimum atomic E-state index is 0.0771. The van der Waals surface area contributed by atoms with Crippen LogP contribution in [-0.2, 0) is 17.0 Å². The van der Waals surface area contributed by atoms with Gasteiger partial charge in [0.25, 0.3) is 0 Å². The number of nitrogens with zero attached hydrogens (tertiary/aromatic N) is 4. The van der Waals surface area contributed by atoms with E-state index in [4.69, 9.17) is 0 Å². The molecule has 0 atom stereocenters. The molecule has 0 saturated heterocycles. The number of rotatable bonds is 5. The summed E-state index contributed by atoms with van der Waals surface area (Å²) in [7, 11) is 3.51. The molecule has 0 fully saturated rings. The minimum absolute atomic E-state index is 0.0771. The first kappa shape index (κ1) is 14.4. The molecule has 0 spiro atoms. The maximum absolute atomic E-state index is 11.6. The maximum Gasteiger partial charge on any atom is 0.228 e. The number of hydrogen-bond acceptors (Lipinski definition) is 7. The summed E-state index contributed by atoms with van der Waals surface area (Å²) in [5, 5.41) is 11.9. The zero-order chi connectivity index (χ0) is 13.8. The second kappa shape index (κ2) is 6.44. The Hall–Kier alpha value is -0.990. The van der Waals surface area contributed by atoms with Crippen LogP contribution in [-0.4, -0.2) is 40.1 Å². The lowest BCUT2D eigenvalue weighted by atomic mass is 10.4. The predicted molar refractivity (Wildman–Crippen MR) is 78.7 cm³/mol. The fourth-order valence-corrected chi connectivity index (χ4v) is 3.85. The number of thiazole rings is 1. The molecule has 2 aromatic rings. The van der Waals surface area contributed by atoms with E-state index < -0.39 is 0 Å². The molecule has 19 heavy (non-hydrogen) atoms. The van der Waals surface area contributed by atoms with Gasteiger partial charge >= 0.3 is 0 Å². The standard InChI is InChI=1S/C11H14N4OS3/c1-7-13-14-11(19-7)18-6-8-5-17-9(12-8)4-10(16)15(2)3/h5H,4,6H2,1-3H3. The third kappa shape index (κ3) is 4.26. The Bertz CT molecular complexity index is 564. The number of aromatic nitrogens is 3. The first-order valence-corrected chi connectivity index (χ1v) is 8.29. The van der Waals surface area contributed by atoms with E-state index in [1.807, 2.05) is 12.3 Å². The molecule has 0 aromatic carbocycles. The van der Waals surface area contributed by atoms with Gasteiger partial charge < -0.3 is 4.90 Å². The Morgan fingerprint density at radius 1 is 1.42 bits per heavy atom. The lowest BCUT2D eigenvalue weighted by molar-refractivity contribution is -0.127. The fourth-order valence-electron chi connectivity index (χ4n) is 1.26. The minimum Gasteiger partial charge on any atom is -0.348 e. The molecular weight excluding hydrogens is 300 g/mol. The molecule has 2 rings (SSSR count). The number of likely N-dealkylation sites (N-methyl/N-ethyl adjacent to an activating group) is 1. The Labute approximate surface area is 124 Å². The van der Waals surface area contributed by atoms with Crippen molar-refractivity contribution in [2.75, 3.05) is 14.1 Å². The van der Waals surface area contributed by atoms with Crippen molar-refractivity contribution in [3.63, 3.8) is 0 Å². The molecule has 1 amide bonds. The van der Waals surface area contributed by atoms with Crippen LogP contribution in [0.2, 0.25) is 0 Å². The van der Waals surface area contributed by atoms with Crippen molar-refractivity contribution in [3.05, 3.63) is 21.1 Å². The highest BCUT2D eigenvalue weighted by atomic mass is 32.2. The van der Waals surface area contributed by atoms with E-state index >= 15 is 0 Å². The van der Waals surface area contributed by atoms with E-state index in [-0.39, 0.29) is 5.91 Å². The van der Waals surface area contributed by atoms with Crippen molar-refractivity contribution in [1.82, 2.24) is 20.1 Å². The number of aryl methyl sites for hydroxylation is 1. The predicted octanol–water partition coefficient (Wildman–Crippen LogP) is 2.23. The molecule has 102 valence electrons. The van der Waals surface area contributed by atoms with Crippen molar-refractivity contribution in [3.8, 4) is 0 Å². The van der Waals surface area contributed by atoms with E-state index in [1.165, 1.54) is 11.3 Å². The van der Waals surface area contributed by atoms with Gasteiger partial charge in [0.1, 0.15) is 10.0 Å². The number of thioether (sulfide) groups is 1. The molecule has 0 bridgehead atoms. The van der Waals surface area contributed by atoms with E-state index in [0.717, 1.165) is 25.8 Å². The monoisotopic (exact) mass is 314 g/mol. The first-order chi connectivity index (χ1) is 9.04. The summed E-state index contributed by atoms with van der Waals surface area (Å²) < 4.78 is 0.955. The molecule has 0 saturated carbocycles. The van der Waals surface area contributed by atoms with Gasteiger partial charge in [-0.15, -0.1) is 21.5 Å². The average Bonchev–Trinajstić information content (AvgIpc) is 2.95. The Morgan fingerprint density at radius 3 is 2.84 bits per heavy atom. The quantitative estimate of drug-likeness (QED) is 0.792. The Kier molecular flexibility index (Phi) is 4.89. The van der Waals surface area contributed by atoms with Crippen LogP contribution < -0.4 is 0 Å². The van der Waals surface area contributed by atoms with Crippen LogP contribution in [0.25, 0.3) is 0 Å². The molecule has 5 nitrogen and oxygen atoms in total. The van der Waals surface area contributed by atoms with Crippen molar-refractivity contribution in [1.29, 1.82) is 0 Å². The van der Waals surface area contributed by atoms with Crippen LogP contribution in [0.4, 0.5) is 0 Å². The summed E-state index contributed by atoms with van der Waals surface area (Å²) in [5.41, 5.74) is 0.990. The van der Waals surface area contributed by atoms with E-state index in [9.17, 15) is 4.79 Å². The molecule has 2 aromatic heterocycles. The maximum atomic E-state index is 11.6. The third-order valence-corrected chi connectivity index (χ3v) is 5.15. The molecule has 0 aliphatic heterocycles. The van der Waals surface area contributed by atoms with E-state index in [2.05, 4.69) is 15.2 Å². The molecule has 0 aliphatic rings. The highest BCUT2D eigenvalue weighted by Gasteiger charge is 2.10. The van der Waals surface area contributed by atoms with Gasteiger partial charge in [-0.3, -0.25) is 4.79 Å². The van der Waals surface area contributed by atoms with Gasteiger partial charge in [-0.2, -0.15) is 0 Å². The lowest BCUT2D eigenvalue weighted by Crippen LogP contribution is -2.23. The Morgan fingerprint density at radius 2 is 2.21 bits per heavy atom. The second-order valence-electron chi connectivity index (χ2n) is 4.07. The molecule has 0 unspecified atom stereocenters. The summed E-state index contributed by atoms with van der Waals surface area (Å²) in [6, 6.07) is 0. The highest BCUT2D eigenvalue weighted by molar-refractivity contribution is 8.00. The second-order valence-corrected chi connectivity index (χ2v) is 7.42. The van der Waals surface area contributed by atoms with Crippen molar-refractivity contribution in [2.45, 2.75) is 23.4 Å². The van der Waals surface area contributed by atoms with Crippen molar-refractivity contribution in [2.24, 2.45) is 0 Å². The normalized spacial score (nSPS) is 10.7. The van der Waals surface area contributed by atoms with Crippen molar-refractivity contribution < 1.29 is 4.79 Å². The number of carbonyl (C=O) groups excluding carboxylic acids is 1. The zero-order valence-electron chi connectivity index (χ0n) is 10.9. The van der Waals surface area contributed by atoms with Crippen LogP contribution in [0.3, 0.4) is 0 Å². The summed E-state index contributed by atoms with van der Waals surface area (Å²) in [6.07, 6.45) is 0.375. The van der Waals surface area contributed by atoms with Gasteiger partial charge in [-0.05, 0) is 6.92 Å². The Balaban J connectivity index is 1.88. The highest BCUT2D eigenvalue weighted by Crippen LogP contribution is 2.26. The fraction of sp³-hybridized carbons (Fsp3) is 0.455. The van der Waals surface area contributed by atoms with Gasteiger partial charge in [-0.1, -0.05) is 23.1 Å². The average molecular weight is 314 g/mol. The summed E-state index contributed by atoms with van der Waals surface area (Å²) in [5.74, 6) is 0.842. The largest absolute Gasteiger partial charge is 0.348 e. The topological polar surface area (TPSA) is 59.0 Å². The smallest absolute Gasteiger partial charge is 0.228 e. The summed E-state index contributed by atoms with van der Waals surface area (Å²) in [6.45, 7) is 1.94. The molecule has 0 N–H and O–H groups in total. The van der Waals surface area contributed by atoms with Gasteiger partial charge in [-0.25, -0.2) is 4.98 Å². The lowest BCUT2D eigenvalue weighted by Gasteiger charge is -2.07. The molecular formula is C11H14N4OS3. The van der Waals surface area contributed by atoms with Crippen molar-refractivity contribution >= 4 is 40.3 Å². The summed E-state index contributed by atoms with van der Waals surface area (Å²) >= 11 is 4.74. The van der Waals surface area contributed by atoms with Crippen LogP contribution >= 0.6 is 34.4 Å².